The average molecular weight is 182 g/mol. The van der Waals surface area contributed by atoms with Crippen LogP contribution in [0.15, 0.2) is 18.5 Å². The highest BCUT2D eigenvalue weighted by Gasteiger charge is 1.89. The summed E-state index contributed by atoms with van der Waals surface area (Å²) in [6, 6.07) is 0. The van der Waals surface area contributed by atoms with E-state index < -0.39 is 0 Å². The lowest BCUT2D eigenvalue weighted by Crippen LogP contribution is -1.80. The maximum Gasteiger partial charge on any atom is 0.186 e. The summed E-state index contributed by atoms with van der Waals surface area (Å²) in [6.45, 7) is 1.57. The molecule has 0 spiro atoms. The molecule has 3 nitrogen and oxygen atoms in total. The normalized spacial score (nSPS) is 10.8. The van der Waals surface area contributed by atoms with Gasteiger partial charge in [-0.25, -0.2) is 0 Å². The van der Waals surface area contributed by atoms with Crippen molar-refractivity contribution in [2.75, 3.05) is 5.75 Å². The van der Waals surface area contributed by atoms with Crippen LogP contribution in [-0.2, 0) is 4.79 Å². The van der Waals surface area contributed by atoms with Gasteiger partial charge in [0, 0.05) is 24.4 Å². The largest absolute Gasteiger partial charge is 0.288 e. The van der Waals surface area contributed by atoms with Crippen LogP contribution in [0.4, 0.5) is 0 Å². The Morgan fingerprint density at radius 1 is 1.83 bits per heavy atom. The minimum Gasteiger partial charge on any atom is -0.288 e. The number of carbonyl (C=O) groups excluding carboxylic acids is 1. The summed E-state index contributed by atoms with van der Waals surface area (Å²) in [5.74, 6) is 0.723. The molecular weight excluding hydrogens is 172 g/mol. The summed E-state index contributed by atoms with van der Waals surface area (Å²) < 4.78 is 0. The van der Waals surface area contributed by atoms with Crippen molar-refractivity contribution >= 4 is 23.0 Å². The average Bonchev–Trinajstić information content (AvgIpc) is 2.49. The molecule has 1 rings (SSSR count). The molecule has 64 valence electrons. The van der Waals surface area contributed by atoms with E-state index in [9.17, 15) is 4.79 Å². The summed E-state index contributed by atoms with van der Waals surface area (Å²) in [7, 11) is 0. The Bertz CT molecular complexity index is 267. The molecule has 0 fully saturated rings. The molecule has 1 aromatic rings. The number of H-pyrrole nitrogens is 1. The van der Waals surface area contributed by atoms with Crippen LogP contribution in [0.25, 0.3) is 6.08 Å². The third-order valence-electron chi connectivity index (χ3n) is 1.21. The second kappa shape index (κ2) is 4.77. The molecule has 0 amide bonds. The molecule has 12 heavy (non-hydrogen) atoms. The number of nitrogens with one attached hydrogen (secondary N) is 1. The van der Waals surface area contributed by atoms with E-state index in [4.69, 9.17) is 0 Å². The molecule has 0 saturated carbocycles. The van der Waals surface area contributed by atoms with Crippen molar-refractivity contribution in [1.29, 1.82) is 0 Å². The second-order valence-electron chi connectivity index (χ2n) is 2.24. The Hall–Kier alpha value is -1.03. The fourth-order valence-electron chi connectivity index (χ4n) is 0.702. The van der Waals surface area contributed by atoms with Crippen LogP contribution in [0.1, 0.15) is 12.5 Å². The quantitative estimate of drug-likeness (QED) is 0.774. The molecule has 0 unspecified atom stereocenters. The molecular formula is C8H10N2OS. The number of nitrogens with zero attached hydrogens (tertiary/aromatic N) is 1. The molecule has 0 atom stereocenters. The molecule has 0 saturated heterocycles. The van der Waals surface area contributed by atoms with Crippen molar-refractivity contribution in [3.63, 3.8) is 0 Å². The first kappa shape index (κ1) is 9.06. The number of aromatic amines is 1. The molecule has 1 heterocycles. The molecule has 0 bridgehead atoms. The van der Waals surface area contributed by atoms with Crippen molar-refractivity contribution in [3.05, 3.63) is 24.0 Å². The first-order valence-electron chi connectivity index (χ1n) is 3.58. The monoisotopic (exact) mass is 182 g/mol. The van der Waals surface area contributed by atoms with Crippen molar-refractivity contribution in [1.82, 2.24) is 10.2 Å². The van der Waals surface area contributed by atoms with E-state index in [1.807, 2.05) is 12.2 Å². The highest BCUT2D eigenvalue weighted by Crippen LogP contribution is 2.03. The highest BCUT2D eigenvalue weighted by atomic mass is 32.2. The van der Waals surface area contributed by atoms with Gasteiger partial charge in [0.2, 0.25) is 0 Å². The topological polar surface area (TPSA) is 45.8 Å². The Kier molecular flexibility index (Phi) is 3.60. The maximum absolute atomic E-state index is 10.5. The van der Waals surface area contributed by atoms with Gasteiger partial charge in [-0.1, -0.05) is 23.9 Å². The van der Waals surface area contributed by atoms with E-state index in [2.05, 4.69) is 10.2 Å². The van der Waals surface area contributed by atoms with Gasteiger partial charge in [-0.15, -0.1) is 0 Å². The Labute approximate surface area is 75.2 Å². The number of rotatable bonds is 3. The summed E-state index contributed by atoms with van der Waals surface area (Å²) in [5.41, 5.74) is 1.03. The lowest BCUT2D eigenvalue weighted by atomic mass is 10.3. The van der Waals surface area contributed by atoms with Gasteiger partial charge >= 0.3 is 0 Å². The summed E-state index contributed by atoms with van der Waals surface area (Å²) in [6.07, 6.45) is 7.40. The van der Waals surface area contributed by atoms with Gasteiger partial charge in [-0.3, -0.25) is 9.89 Å². The van der Waals surface area contributed by atoms with Crippen molar-refractivity contribution in [2.45, 2.75) is 6.92 Å². The highest BCUT2D eigenvalue weighted by molar-refractivity contribution is 8.13. The standard InChI is InChI=1S/C8H10N2OS/c1-7(11)12-4-2-3-8-5-9-10-6-8/h2-3,5-6H,4H2,1H3,(H,9,10). The van der Waals surface area contributed by atoms with E-state index in [1.165, 1.54) is 11.8 Å². The molecule has 0 aliphatic heterocycles. The zero-order valence-electron chi connectivity index (χ0n) is 6.78. The van der Waals surface area contributed by atoms with Crippen molar-refractivity contribution in [3.8, 4) is 0 Å². The van der Waals surface area contributed by atoms with Crippen molar-refractivity contribution < 1.29 is 4.79 Å². The zero-order valence-corrected chi connectivity index (χ0v) is 7.60. The minimum atomic E-state index is 0.145. The second-order valence-corrected chi connectivity index (χ2v) is 3.43. The van der Waals surface area contributed by atoms with Gasteiger partial charge in [0.1, 0.15) is 0 Å². The van der Waals surface area contributed by atoms with Crippen LogP contribution in [-0.4, -0.2) is 21.1 Å². The first-order chi connectivity index (χ1) is 5.79. The van der Waals surface area contributed by atoms with Gasteiger partial charge in [-0.2, -0.15) is 5.10 Å². The van der Waals surface area contributed by atoms with E-state index >= 15 is 0 Å². The molecule has 0 aromatic carbocycles. The fraction of sp³-hybridized carbons (Fsp3) is 0.250. The van der Waals surface area contributed by atoms with E-state index in [0.29, 0.717) is 0 Å². The van der Waals surface area contributed by atoms with Gasteiger partial charge in [0.05, 0.1) is 6.20 Å². The Balaban J connectivity index is 2.27. The van der Waals surface area contributed by atoms with Gasteiger partial charge < -0.3 is 0 Å². The first-order valence-corrected chi connectivity index (χ1v) is 4.56. The molecule has 0 radical (unpaired) electrons. The van der Waals surface area contributed by atoms with Crippen LogP contribution in [0.2, 0.25) is 0 Å². The van der Waals surface area contributed by atoms with Crippen LogP contribution < -0.4 is 0 Å². The number of carbonyl (C=O) groups is 1. The number of aromatic nitrogens is 2. The Morgan fingerprint density at radius 2 is 2.67 bits per heavy atom. The lowest BCUT2D eigenvalue weighted by molar-refractivity contribution is -0.109. The number of hydrogen-bond donors (Lipinski definition) is 1. The van der Waals surface area contributed by atoms with E-state index in [1.54, 1.807) is 19.3 Å². The smallest absolute Gasteiger partial charge is 0.186 e. The third-order valence-corrected chi connectivity index (χ3v) is 1.98. The zero-order chi connectivity index (χ0) is 8.81. The van der Waals surface area contributed by atoms with Crippen LogP contribution in [0, 0.1) is 0 Å². The molecule has 1 aromatic heterocycles. The molecule has 1 N–H and O–H groups in total. The van der Waals surface area contributed by atoms with Crippen molar-refractivity contribution in [2.24, 2.45) is 0 Å². The van der Waals surface area contributed by atoms with Crippen LogP contribution >= 0.6 is 11.8 Å². The predicted octanol–water partition coefficient (Wildman–Crippen LogP) is 1.70. The van der Waals surface area contributed by atoms with Gasteiger partial charge in [0.25, 0.3) is 0 Å². The van der Waals surface area contributed by atoms with Gasteiger partial charge in [0.15, 0.2) is 5.12 Å². The number of thioether (sulfide) groups is 1. The van der Waals surface area contributed by atoms with Crippen LogP contribution in [0.3, 0.4) is 0 Å². The molecule has 0 aliphatic carbocycles. The summed E-state index contributed by atoms with van der Waals surface area (Å²) in [4.78, 5) is 10.5. The maximum atomic E-state index is 10.5. The lowest BCUT2D eigenvalue weighted by Gasteiger charge is -1.86. The van der Waals surface area contributed by atoms with E-state index in [-0.39, 0.29) is 5.12 Å². The molecule has 4 heteroatoms. The summed E-state index contributed by atoms with van der Waals surface area (Å²) in [5, 5.41) is 6.64. The summed E-state index contributed by atoms with van der Waals surface area (Å²) >= 11 is 1.30. The molecule has 0 aliphatic rings. The van der Waals surface area contributed by atoms with E-state index in [0.717, 1.165) is 11.3 Å². The minimum absolute atomic E-state index is 0.145. The van der Waals surface area contributed by atoms with Gasteiger partial charge in [-0.05, 0) is 0 Å². The Morgan fingerprint density at radius 3 is 3.25 bits per heavy atom. The SMILES string of the molecule is CC(=O)SCC=Cc1cn[nH]c1. The fourth-order valence-corrected chi connectivity index (χ4v) is 1.13. The van der Waals surface area contributed by atoms with Crippen LogP contribution in [0.5, 0.6) is 0 Å². The number of hydrogen-bond acceptors (Lipinski definition) is 3. The predicted molar refractivity (Wildman–Crippen MR) is 50.8 cm³/mol. The third kappa shape index (κ3) is 3.39.